The van der Waals surface area contributed by atoms with E-state index in [2.05, 4.69) is 15.6 Å². The van der Waals surface area contributed by atoms with Gasteiger partial charge in [-0.1, -0.05) is 30.3 Å². The zero-order chi connectivity index (χ0) is 17.6. The number of aromatic nitrogens is 2. The topological polar surface area (TPSA) is 76.0 Å². The van der Waals surface area contributed by atoms with Gasteiger partial charge in [-0.15, -0.1) is 0 Å². The van der Waals surface area contributed by atoms with Gasteiger partial charge in [0, 0.05) is 18.4 Å². The molecule has 6 heteroatoms. The summed E-state index contributed by atoms with van der Waals surface area (Å²) >= 11 is 0. The van der Waals surface area contributed by atoms with E-state index in [9.17, 15) is 9.59 Å². The van der Waals surface area contributed by atoms with Gasteiger partial charge in [-0.05, 0) is 29.8 Å². The van der Waals surface area contributed by atoms with E-state index in [0.717, 1.165) is 11.3 Å². The van der Waals surface area contributed by atoms with Crippen LogP contribution in [0.25, 0.3) is 5.69 Å². The first kappa shape index (κ1) is 16.4. The molecule has 2 amide bonds. The van der Waals surface area contributed by atoms with Crippen LogP contribution in [0.5, 0.6) is 0 Å². The maximum atomic E-state index is 12.5. The zero-order valence-electron chi connectivity index (χ0n) is 13.8. The maximum absolute atomic E-state index is 12.5. The van der Waals surface area contributed by atoms with Gasteiger partial charge in [-0.3, -0.25) is 14.2 Å². The number of hydrogen-bond donors (Lipinski definition) is 2. The van der Waals surface area contributed by atoms with Crippen LogP contribution < -0.4 is 10.6 Å². The highest BCUT2D eigenvalue weighted by Gasteiger charge is 2.13. The first-order valence-electron chi connectivity index (χ1n) is 7.86. The standard InChI is InChI=1S/C19H18N4O2/c1-20-18(24)11-14-7-9-15(10-8-14)22-19(25)17-12-21-13-23(17)16-5-3-2-4-6-16/h2-10,12-13H,11H2,1H3,(H,20,24)(H,22,25). The van der Waals surface area contributed by atoms with E-state index in [1.54, 1.807) is 30.1 Å². The lowest BCUT2D eigenvalue weighted by Crippen LogP contribution is -2.20. The van der Waals surface area contributed by atoms with Crippen molar-refractivity contribution in [3.8, 4) is 5.69 Å². The fourth-order valence-corrected chi connectivity index (χ4v) is 2.43. The Morgan fingerprint density at radius 3 is 2.44 bits per heavy atom. The molecule has 0 aliphatic carbocycles. The number of imidazole rings is 1. The second kappa shape index (κ2) is 7.44. The van der Waals surface area contributed by atoms with Gasteiger partial charge in [0.25, 0.3) is 5.91 Å². The molecular weight excluding hydrogens is 316 g/mol. The minimum atomic E-state index is -0.250. The predicted octanol–water partition coefficient (Wildman–Crippen LogP) is 2.41. The number of likely N-dealkylation sites (N-methyl/N-ethyl adjacent to an activating group) is 1. The average molecular weight is 334 g/mol. The van der Waals surface area contributed by atoms with E-state index in [4.69, 9.17) is 0 Å². The molecule has 25 heavy (non-hydrogen) atoms. The number of nitrogens with zero attached hydrogens (tertiary/aromatic N) is 2. The molecule has 3 rings (SSSR count). The number of para-hydroxylation sites is 1. The monoisotopic (exact) mass is 334 g/mol. The Labute approximate surface area is 145 Å². The number of anilines is 1. The summed E-state index contributed by atoms with van der Waals surface area (Å²) < 4.78 is 1.73. The molecule has 1 aromatic heterocycles. The van der Waals surface area contributed by atoms with Crippen LogP contribution in [0.4, 0.5) is 5.69 Å². The number of nitrogens with one attached hydrogen (secondary N) is 2. The van der Waals surface area contributed by atoms with Crippen molar-refractivity contribution in [2.45, 2.75) is 6.42 Å². The zero-order valence-corrected chi connectivity index (χ0v) is 13.8. The number of carbonyl (C=O) groups is 2. The molecular formula is C19H18N4O2. The molecule has 2 N–H and O–H groups in total. The fourth-order valence-electron chi connectivity index (χ4n) is 2.43. The van der Waals surface area contributed by atoms with E-state index in [1.165, 1.54) is 6.20 Å². The molecule has 6 nitrogen and oxygen atoms in total. The van der Waals surface area contributed by atoms with Gasteiger partial charge in [0.2, 0.25) is 5.91 Å². The third-order valence-corrected chi connectivity index (χ3v) is 3.76. The molecule has 0 radical (unpaired) electrons. The van der Waals surface area contributed by atoms with Crippen LogP contribution in [0.3, 0.4) is 0 Å². The molecule has 3 aromatic rings. The second-order valence-electron chi connectivity index (χ2n) is 5.49. The lowest BCUT2D eigenvalue weighted by atomic mass is 10.1. The minimum Gasteiger partial charge on any atom is -0.359 e. The number of rotatable bonds is 5. The largest absolute Gasteiger partial charge is 0.359 e. The molecule has 0 spiro atoms. The van der Waals surface area contributed by atoms with Crippen LogP contribution in [-0.4, -0.2) is 28.4 Å². The van der Waals surface area contributed by atoms with Gasteiger partial charge in [0.15, 0.2) is 0 Å². The smallest absolute Gasteiger partial charge is 0.274 e. The van der Waals surface area contributed by atoms with Crippen molar-refractivity contribution in [1.29, 1.82) is 0 Å². The second-order valence-corrected chi connectivity index (χ2v) is 5.49. The van der Waals surface area contributed by atoms with Crippen molar-refractivity contribution >= 4 is 17.5 Å². The highest BCUT2D eigenvalue weighted by molar-refractivity contribution is 6.03. The quantitative estimate of drug-likeness (QED) is 0.752. The molecule has 0 unspecified atom stereocenters. The molecule has 0 saturated heterocycles. The van der Waals surface area contributed by atoms with Crippen molar-refractivity contribution in [2.75, 3.05) is 12.4 Å². The molecule has 126 valence electrons. The first-order valence-corrected chi connectivity index (χ1v) is 7.86. The van der Waals surface area contributed by atoms with E-state index >= 15 is 0 Å². The van der Waals surface area contributed by atoms with Crippen LogP contribution in [0.1, 0.15) is 16.1 Å². The number of amides is 2. The Kier molecular flexibility index (Phi) is 4.89. The van der Waals surface area contributed by atoms with Crippen molar-refractivity contribution in [3.05, 3.63) is 78.4 Å². The Hall–Kier alpha value is -3.41. The van der Waals surface area contributed by atoms with E-state index in [0.29, 0.717) is 17.8 Å². The number of hydrogen-bond acceptors (Lipinski definition) is 3. The minimum absolute atomic E-state index is 0.0523. The molecule has 1 heterocycles. The summed E-state index contributed by atoms with van der Waals surface area (Å²) in [7, 11) is 1.60. The Bertz CT molecular complexity index is 870. The normalized spacial score (nSPS) is 10.3. The molecule has 0 bridgehead atoms. The molecule has 0 aliphatic heterocycles. The Morgan fingerprint density at radius 1 is 1.04 bits per heavy atom. The molecule has 0 atom stereocenters. The average Bonchev–Trinajstić information content (AvgIpc) is 3.14. The SMILES string of the molecule is CNC(=O)Cc1ccc(NC(=O)c2cncn2-c2ccccc2)cc1. The molecule has 0 aliphatic rings. The van der Waals surface area contributed by atoms with Crippen molar-refractivity contribution in [3.63, 3.8) is 0 Å². The van der Waals surface area contributed by atoms with E-state index in [-0.39, 0.29) is 11.8 Å². The Balaban J connectivity index is 1.73. The highest BCUT2D eigenvalue weighted by atomic mass is 16.2. The van der Waals surface area contributed by atoms with Crippen LogP contribution in [0.15, 0.2) is 67.1 Å². The third-order valence-electron chi connectivity index (χ3n) is 3.76. The molecule has 2 aromatic carbocycles. The summed E-state index contributed by atoms with van der Waals surface area (Å²) in [5.41, 5.74) is 2.85. The van der Waals surface area contributed by atoms with Gasteiger partial charge in [0.05, 0.1) is 18.9 Å². The van der Waals surface area contributed by atoms with Crippen LogP contribution in [0, 0.1) is 0 Å². The summed E-state index contributed by atoms with van der Waals surface area (Å²) in [6.45, 7) is 0. The predicted molar refractivity (Wildman–Crippen MR) is 95.7 cm³/mol. The highest BCUT2D eigenvalue weighted by Crippen LogP contribution is 2.14. The maximum Gasteiger partial charge on any atom is 0.274 e. The van der Waals surface area contributed by atoms with Crippen LogP contribution in [-0.2, 0) is 11.2 Å². The summed E-state index contributed by atoms with van der Waals surface area (Å²) in [5, 5.41) is 5.43. The van der Waals surface area contributed by atoms with E-state index < -0.39 is 0 Å². The van der Waals surface area contributed by atoms with Crippen LogP contribution >= 0.6 is 0 Å². The lowest BCUT2D eigenvalue weighted by molar-refractivity contribution is -0.119. The van der Waals surface area contributed by atoms with Gasteiger partial charge >= 0.3 is 0 Å². The van der Waals surface area contributed by atoms with Crippen molar-refractivity contribution < 1.29 is 9.59 Å². The van der Waals surface area contributed by atoms with Crippen LogP contribution in [0.2, 0.25) is 0 Å². The summed E-state index contributed by atoms with van der Waals surface area (Å²) in [6.07, 6.45) is 3.45. The van der Waals surface area contributed by atoms with E-state index in [1.807, 2.05) is 42.5 Å². The first-order chi connectivity index (χ1) is 12.2. The van der Waals surface area contributed by atoms with Crippen molar-refractivity contribution in [1.82, 2.24) is 14.9 Å². The van der Waals surface area contributed by atoms with Gasteiger partial charge in [-0.25, -0.2) is 4.98 Å². The van der Waals surface area contributed by atoms with Crippen molar-refractivity contribution in [2.24, 2.45) is 0 Å². The lowest BCUT2D eigenvalue weighted by Gasteiger charge is -2.09. The summed E-state index contributed by atoms with van der Waals surface area (Å²) in [6, 6.07) is 16.7. The molecule has 0 fully saturated rings. The fraction of sp³-hybridized carbons (Fsp3) is 0.105. The van der Waals surface area contributed by atoms with Gasteiger partial charge < -0.3 is 10.6 Å². The summed E-state index contributed by atoms with van der Waals surface area (Å²) in [4.78, 5) is 28.0. The number of carbonyl (C=O) groups excluding carboxylic acids is 2. The number of benzene rings is 2. The molecule has 0 saturated carbocycles. The Morgan fingerprint density at radius 2 is 1.76 bits per heavy atom. The van der Waals surface area contributed by atoms with Gasteiger partial charge in [-0.2, -0.15) is 0 Å². The third kappa shape index (κ3) is 3.92. The van der Waals surface area contributed by atoms with Gasteiger partial charge in [0.1, 0.15) is 5.69 Å². The summed E-state index contributed by atoms with van der Waals surface area (Å²) in [5.74, 6) is -0.302.